The first-order valence-electron chi connectivity index (χ1n) is 8.81. The fourth-order valence-corrected chi connectivity index (χ4v) is 2.61. The van der Waals surface area contributed by atoms with Crippen LogP contribution in [0.2, 0.25) is 0 Å². The highest BCUT2D eigenvalue weighted by Crippen LogP contribution is 2.31. The Balaban J connectivity index is 1.71. The fraction of sp³-hybridized carbons (Fsp3) is 0.190. The standard InChI is InChI=1S/C21H20N2O5/c1-22-18(24)8-5-11-27-21(26)19-20(25)17-10-9-16(12-14(17)13-23-19)28-15-6-3-2-4-7-15/h2-4,6-7,9-10,12-13,25H,5,8,11H2,1H3,(H,22,24). The number of ether oxygens (including phenoxy) is 2. The summed E-state index contributed by atoms with van der Waals surface area (Å²) < 4.78 is 10.9. The van der Waals surface area contributed by atoms with Crippen molar-refractivity contribution in [3.05, 3.63) is 60.4 Å². The number of carbonyl (C=O) groups is 2. The van der Waals surface area contributed by atoms with E-state index in [-0.39, 0.29) is 30.4 Å². The van der Waals surface area contributed by atoms with E-state index >= 15 is 0 Å². The topological polar surface area (TPSA) is 97.8 Å². The van der Waals surface area contributed by atoms with Crippen LogP contribution in [-0.4, -0.2) is 35.6 Å². The maximum absolute atomic E-state index is 12.2. The first-order valence-corrected chi connectivity index (χ1v) is 8.81. The van der Waals surface area contributed by atoms with E-state index in [4.69, 9.17) is 9.47 Å². The van der Waals surface area contributed by atoms with Crippen LogP contribution >= 0.6 is 0 Å². The molecular weight excluding hydrogens is 360 g/mol. The van der Waals surface area contributed by atoms with Crippen LogP contribution in [0.15, 0.2) is 54.7 Å². The highest BCUT2D eigenvalue weighted by atomic mass is 16.5. The second-order valence-corrected chi connectivity index (χ2v) is 6.03. The Morgan fingerprint density at radius 3 is 2.64 bits per heavy atom. The molecular formula is C21H20N2O5. The second-order valence-electron chi connectivity index (χ2n) is 6.03. The summed E-state index contributed by atoms with van der Waals surface area (Å²) in [7, 11) is 1.54. The molecule has 1 heterocycles. The molecule has 0 fully saturated rings. The second kappa shape index (κ2) is 8.85. The minimum atomic E-state index is -0.735. The third kappa shape index (κ3) is 4.56. The number of nitrogens with one attached hydrogen (secondary N) is 1. The summed E-state index contributed by atoms with van der Waals surface area (Å²) in [6.45, 7) is 0.0647. The number of carbonyl (C=O) groups excluding carboxylic acids is 2. The van der Waals surface area contributed by atoms with Crippen molar-refractivity contribution in [2.24, 2.45) is 0 Å². The molecule has 28 heavy (non-hydrogen) atoms. The zero-order valence-corrected chi connectivity index (χ0v) is 15.3. The van der Waals surface area contributed by atoms with Gasteiger partial charge in [-0.1, -0.05) is 18.2 Å². The highest BCUT2D eigenvalue weighted by molar-refractivity contribution is 5.99. The van der Waals surface area contributed by atoms with Crippen molar-refractivity contribution < 1.29 is 24.2 Å². The minimum absolute atomic E-state index is 0.0647. The van der Waals surface area contributed by atoms with Gasteiger partial charge in [0.15, 0.2) is 11.4 Å². The molecule has 0 unspecified atom stereocenters. The number of aromatic nitrogens is 1. The van der Waals surface area contributed by atoms with Gasteiger partial charge in [-0.2, -0.15) is 0 Å². The van der Waals surface area contributed by atoms with Crippen molar-refractivity contribution in [2.75, 3.05) is 13.7 Å². The molecule has 2 N–H and O–H groups in total. The zero-order chi connectivity index (χ0) is 19.9. The van der Waals surface area contributed by atoms with E-state index in [1.165, 1.54) is 6.20 Å². The number of para-hydroxylation sites is 1. The highest BCUT2D eigenvalue weighted by Gasteiger charge is 2.17. The van der Waals surface area contributed by atoms with E-state index < -0.39 is 5.97 Å². The first kappa shape index (κ1) is 19.2. The van der Waals surface area contributed by atoms with Crippen molar-refractivity contribution >= 4 is 22.6 Å². The van der Waals surface area contributed by atoms with Crippen molar-refractivity contribution in [1.82, 2.24) is 10.3 Å². The molecule has 0 saturated carbocycles. The molecule has 0 spiro atoms. The van der Waals surface area contributed by atoms with Crippen LogP contribution in [0.5, 0.6) is 17.2 Å². The molecule has 7 nitrogen and oxygen atoms in total. The Morgan fingerprint density at radius 2 is 1.89 bits per heavy atom. The van der Waals surface area contributed by atoms with Crippen LogP contribution in [0.4, 0.5) is 0 Å². The third-order valence-electron chi connectivity index (χ3n) is 4.07. The summed E-state index contributed by atoms with van der Waals surface area (Å²) in [4.78, 5) is 27.3. The van der Waals surface area contributed by atoms with Crippen molar-refractivity contribution in [2.45, 2.75) is 12.8 Å². The smallest absolute Gasteiger partial charge is 0.360 e. The maximum atomic E-state index is 12.2. The quantitative estimate of drug-likeness (QED) is 0.481. The van der Waals surface area contributed by atoms with Crippen LogP contribution in [0, 0.1) is 0 Å². The average molecular weight is 380 g/mol. The zero-order valence-electron chi connectivity index (χ0n) is 15.3. The van der Waals surface area contributed by atoms with Gasteiger partial charge in [-0.15, -0.1) is 0 Å². The van der Waals surface area contributed by atoms with E-state index in [1.807, 2.05) is 30.3 Å². The van der Waals surface area contributed by atoms with E-state index in [0.717, 1.165) is 0 Å². The van der Waals surface area contributed by atoms with Crippen LogP contribution in [0.3, 0.4) is 0 Å². The van der Waals surface area contributed by atoms with Gasteiger partial charge in [0, 0.05) is 30.4 Å². The van der Waals surface area contributed by atoms with Gasteiger partial charge in [-0.25, -0.2) is 9.78 Å². The Kier molecular flexibility index (Phi) is 6.06. The first-order chi connectivity index (χ1) is 13.6. The number of benzene rings is 2. The maximum Gasteiger partial charge on any atom is 0.360 e. The Bertz CT molecular complexity index is 989. The average Bonchev–Trinajstić information content (AvgIpc) is 2.71. The van der Waals surface area contributed by atoms with Crippen LogP contribution in [0.25, 0.3) is 10.8 Å². The Morgan fingerprint density at radius 1 is 1.11 bits per heavy atom. The van der Waals surface area contributed by atoms with Crippen molar-refractivity contribution in [1.29, 1.82) is 0 Å². The predicted octanol–water partition coefficient (Wildman–Crippen LogP) is 3.42. The van der Waals surface area contributed by atoms with Crippen LogP contribution in [0.1, 0.15) is 23.3 Å². The van der Waals surface area contributed by atoms with Gasteiger partial charge in [0.25, 0.3) is 0 Å². The number of aromatic hydroxyl groups is 1. The number of rotatable bonds is 7. The number of hydrogen-bond donors (Lipinski definition) is 2. The van der Waals surface area contributed by atoms with Gasteiger partial charge in [0.2, 0.25) is 5.91 Å². The normalized spacial score (nSPS) is 10.5. The minimum Gasteiger partial charge on any atom is -0.505 e. The number of esters is 1. The molecule has 0 aliphatic carbocycles. The molecule has 144 valence electrons. The van der Waals surface area contributed by atoms with Crippen molar-refractivity contribution in [3.63, 3.8) is 0 Å². The van der Waals surface area contributed by atoms with Crippen LogP contribution < -0.4 is 10.1 Å². The Hall–Kier alpha value is -3.61. The predicted molar refractivity (Wildman–Crippen MR) is 104 cm³/mol. The summed E-state index contributed by atoms with van der Waals surface area (Å²) in [5, 5.41) is 14.0. The SMILES string of the molecule is CNC(=O)CCCOC(=O)c1ncc2cc(Oc3ccccc3)ccc2c1O. The summed E-state index contributed by atoms with van der Waals surface area (Å²) in [6, 6.07) is 14.4. The number of hydrogen-bond acceptors (Lipinski definition) is 6. The molecule has 0 bridgehead atoms. The number of amides is 1. The summed E-state index contributed by atoms with van der Waals surface area (Å²) in [5.74, 6) is 0.164. The molecule has 0 saturated heterocycles. The number of fused-ring (bicyclic) bond motifs is 1. The fourth-order valence-electron chi connectivity index (χ4n) is 2.61. The molecule has 0 atom stereocenters. The molecule has 2 aromatic carbocycles. The molecule has 0 aliphatic heterocycles. The number of nitrogens with zero attached hydrogens (tertiary/aromatic N) is 1. The van der Waals surface area contributed by atoms with Gasteiger partial charge < -0.3 is 19.9 Å². The molecule has 0 radical (unpaired) electrons. The third-order valence-corrected chi connectivity index (χ3v) is 4.07. The molecule has 3 aromatic rings. The van der Waals surface area contributed by atoms with E-state index in [2.05, 4.69) is 10.3 Å². The molecule has 1 amide bonds. The van der Waals surface area contributed by atoms with E-state index in [0.29, 0.717) is 28.7 Å². The lowest BCUT2D eigenvalue weighted by Crippen LogP contribution is -2.18. The van der Waals surface area contributed by atoms with Crippen molar-refractivity contribution in [3.8, 4) is 17.2 Å². The molecule has 1 aromatic heterocycles. The molecule has 0 aliphatic rings. The van der Waals surface area contributed by atoms with Crippen LogP contribution in [-0.2, 0) is 9.53 Å². The lowest BCUT2D eigenvalue weighted by Gasteiger charge is -2.10. The Labute approximate surface area is 161 Å². The summed E-state index contributed by atoms with van der Waals surface area (Å²) >= 11 is 0. The van der Waals surface area contributed by atoms with Gasteiger partial charge in [0.05, 0.1) is 6.61 Å². The van der Waals surface area contributed by atoms with Gasteiger partial charge in [-0.05, 0) is 36.8 Å². The van der Waals surface area contributed by atoms with E-state index in [1.54, 1.807) is 25.2 Å². The van der Waals surface area contributed by atoms with E-state index in [9.17, 15) is 14.7 Å². The summed E-state index contributed by atoms with van der Waals surface area (Å²) in [5.41, 5.74) is -0.163. The largest absolute Gasteiger partial charge is 0.505 e. The lowest BCUT2D eigenvalue weighted by molar-refractivity contribution is -0.120. The van der Waals surface area contributed by atoms with Gasteiger partial charge in [0.1, 0.15) is 11.5 Å². The van der Waals surface area contributed by atoms with Gasteiger partial charge >= 0.3 is 5.97 Å². The van der Waals surface area contributed by atoms with Gasteiger partial charge in [-0.3, -0.25) is 4.79 Å². The monoisotopic (exact) mass is 380 g/mol. The molecule has 7 heteroatoms. The molecule has 3 rings (SSSR count). The number of pyridine rings is 1. The summed E-state index contributed by atoms with van der Waals surface area (Å²) in [6.07, 6.45) is 2.12. The lowest BCUT2D eigenvalue weighted by atomic mass is 10.1.